The Bertz CT molecular complexity index is 333. The molecule has 1 heterocycles. The SMILES string of the molecule is CCN(CC)CCOCc1cc(C)c(CNC)o1. The highest BCUT2D eigenvalue weighted by atomic mass is 16.5. The fourth-order valence-electron chi connectivity index (χ4n) is 1.90. The van der Waals surface area contributed by atoms with E-state index in [0.29, 0.717) is 6.61 Å². The van der Waals surface area contributed by atoms with Gasteiger partial charge in [0, 0.05) is 6.54 Å². The lowest BCUT2D eigenvalue weighted by Gasteiger charge is -2.17. The van der Waals surface area contributed by atoms with Crippen molar-refractivity contribution in [3.63, 3.8) is 0 Å². The second kappa shape index (κ2) is 8.29. The molecule has 0 bridgehead atoms. The third kappa shape index (κ3) is 4.80. The van der Waals surface area contributed by atoms with Crippen molar-refractivity contribution in [2.45, 2.75) is 33.9 Å². The molecule has 1 aromatic heterocycles. The van der Waals surface area contributed by atoms with Crippen molar-refractivity contribution < 1.29 is 9.15 Å². The molecule has 4 heteroatoms. The van der Waals surface area contributed by atoms with Crippen molar-refractivity contribution in [1.29, 1.82) is 0 Å². The van der Waals surface area contributed by atoms with E-state index in [4.69, 9.17) is 9.15 Å². The molecule has 0 aliphatic rings. The molecule has 1 aromatic rings. The first kappa shape index (κ1) is 15.2. The summed E-state index contributed by atoms with van der Waals surface area (Å²) in [6.07, 6.45) is 0. The summed E-state index contributed by atoms with van der Waals surface area (Å²) in [6.45, 7) is 11.6. The van der Waals surface area contributed by atoms with Gasteiger partial charge >= 0.3 is 0 Å². The zero-order valence-corrected chi connectivity index (χ0v) is 12.1. The van der Waals surface area contributed by atoms with Gasteiger partial charge in [0.1, 0.15) is 18.1 Å². The summed E-state index contributed by atoms with van der Waals surface area (Å²) < 4.78 is 11.4. The van der Waals surface area contributed by atoms with E-state index < -0.39 is 0 Å². The lowest BCUT2D eigenvalue weighted by molar-refractivity contribution is 0.0836. The molecule has 4 nitrogen and oxygen atoms in total. The fourth-order valence-corrected chi connectivity index (χ4v) is 1.90. The highest BCUT2D eigenvalue weighted by molar-refractivity contribution is 5.19. The molecular weight excluding hydrogens is 228 g/mol. The zero-order valence-electron chi connectivity index (χ0n) is 12.1. The Kier molecular flexibility index (Phi) is 7.01. The molecule has 0 fully saturated rings. The summed E-state index contributed by atoms with van der Waals surface area (Å²) in [5.41, 5.74) is 1.19. The van der Waals surface area contributed by atoms with E-state index >= 15 is 0 Å². The van der Waals surface area contributed by atoms with Gasteiger partial charge in [0.15, 0.2) is 0 Å². The number of likely N-dealkylation sites (N-methyl/N-ethyl adjacent to an activating group) is 1. The Balaban J connectivity index is 2.28. The first-order valence-electron chi connectivity index (χ1n) is 6.74. The van der Waals surface area contributed by atoms with Crippen LogP contribution in [0.25, 0.3) is 0 Å². The fraction of sp³-hybridized carbons (Fsp3) is 0.714. The summed E-state index contributed by atoms with van der Waals surface area (Å²) in [6, 6.07) is 2.06. The van der Waals surface area contributed by atoms with E-state index in [-0.39, 0.29) is 0 Å². The highest BCUT2D eigenvalue weighted by Crippen LogP contribution is 2.15. The number of nitrogens with zero attached hydrogens (tertiary/aromatic N) is 1. The van der Waals surface area contributed by atoms with Crippen LogP contribution < -0.4 is 5.32 Å². The molecular formula is C14H26N2O2. The Morgan fingerprint density at radius 1 is 1.33 bits per heavy atom. The predicted octanol–water partition coefficient (Wildman–Crippen LogP) is 2.17. The Hall–Kier alpha value is -0.840. The predicted molar refractivity (Wildman–Crippen MR) is 73.7 cm³/mol. The molecule has 0 spiro atoms. The molecule has 0 unspecified atom stereocenters. The maximum atomic E-state index is 5.71. The third-order valence-corrected chi connectivity index (χ3v) is 3.10. The largest absolute Gasteiger partial charge is 0.462 e. The average molecular weight is 254 g/mol. The monoisotopic (exact) mass is 254 g/mol. The van der Waals surface area contributed by atoms with Gasteiger partial charge in [0.25, 0.3) is 0 Å². The Morgan fingerprint density at radius 3 is 2.67 bits per heavy atom. The molecule has 0 aliphatic carbocycles. The summed E-state index contributed by atoms with van der Waals surface area (Å²) in [4.78, 5) is 2.35. The van der Waals surface area contributed by atoms with Crippen molar-refractivity contribution in [3.8, 4) is 0 Å². The number of furan rings is 1. The van der Waals surface area contributed by atoms with Gasteiger partial charge in [-0.25, -0.2) is 0 Å². The quantitative estimate of drug-likeness (QED) is 0.685. The van der Waals surface area contributed by atoms with Gasteiger partial charge < -0.3 is 19.4 Å². The van der Waals surface area contributed by atoms with Gasteiger partial charge in [-0.3, -0.25) is 0 Å². The van der Waals surface area contributed by atoms with E-state index in [0.717, 1.165) is 44.3 Å². The molecule has 0 amide bonds. The first-order chi connectivity index (χ1) is 8.71. The van der Waals surface area contributed by atoms with Crippen LogP contribution in [0.3, 0.4) is 0 Å². The number of ether oxygens (including phenoxy) is 1. The van der Waals surface area contributed by atoms with E-state index in [1.807, 2.05) is 7.05 Å². The van der Waals surface area contributed by atoms with Crippen molar-refractivity contribution in [3.05, 3.63) is 23.2 Å². The number of hydrogen-bond acceptors (Lipinski definition) is 4. The van der Waals surface area contributed by atoms with E-state index in [1.165, 1.54) is 5.56 Å². The minimum Gasteiger partial charge on any atom is -0.462 e. The highest BCUT2D eigenvalue weighted by Gasteiger charge is 2.07. The Morgan fingerprint density at radius 2 is 2.06 bits per heavy atom. The molecule has 0 saturated carbocycles. The van der Waals surface area contributed by atoms with Crippen LogP contribution >= 0.6 is 0 Å². The average Bonchev–Trinajstić information content (AvgIpc) is 2.71. The molecule has 0 atom stereocenters. The smallest absolute Gasteiger partial charge is 0.130 e. The van der Waals surface area contributed by atoms with E-state index in [9.17, 15) is 0 Å². The van der Waals surface area contributed by atoms with Crippen LogP contribution in [0.15, 0.2) is 10.5 Å². The molecule has 0 aliphatic heterocycles. The molecule has 18 heavy (non-hydrogen) atoms. The summed E-state index contributed by atoms with van der Waals surface area (Å²) in [7, 11) is 1.92. The van der Waals surface area contributed by atoms with Gasteiger partial charge in [-0.15, -0.1) is 0 Å². The van der Waals surface area contributed by atoms with Crippen LogP contribution in [-0.2, 0) is 17.9 Å². The van der Waals surface area contributed by atoms with Crippen molar-refractivity contribution in [2.75, 3.05) is 33.3 Å². The molecule has 104 valence electrons. The second-order valence-electron chi connectivity index (χ2n) is 4.43. The molecule has 1 rings (SSSR count). The normalized spacial score (nSPS) is 11.4. The van der Waals surface area contributed by atoms with Crippen LogP contribution in [0.4, 0.5) is 0 Å². The zero-order chi connectivity index (χ0) is 13.4. The van der Waals surface area contributed by atoms with Crippen molar-refractivity contribution in [2.24, 2.45) is 0 Å². The number of rotatable bonds is 9. The number of nitrogens with one attached hydrogen (secondary N) is 1. The number of hydrogen-bond donors (Lipinski definition) is 1. The summed E-state index contributed by atoms with van der Waals surface area (Å²) in [5.74, 6) is 1.91. The van der Waals surface area contributed by atoms with Gasteiger partial charge in [0.2, 0.25) is 0 Å². The minimum absolute atomic E-state index is 0.561. The van der Waals surface area contributed by atoms with E-state index in [1.54, 1.807) is 0 Å². The van der Waals surface area contributed by atoms with Gasteiger partial charge in [-0.05, 0) is 38.7 Å². The summed E-state index contributed by atoms with van der Waals surface area (Å²) in [5, 5.41) is 3.09. The minimum atomic E-state index is 0.561. The second-order valence-corrected chi connectivity index (χ2v) is 4.43. The summed E-state index contributed by atoms with van der Waals surface area (Å²) >= 11 is 0. The number of aryl methyl sites for hydroxylation is 1. The maximum Gasteiger partial charge on any atom is 0.130 e. The van der Waals surface area contributed by atoms with Gasteiger partial charge in [0.05, 0.1) is 13.2 Å². The lowest BCUT2D eigenvalue weighted by atomic mass is 10.2. The van der Waals surface area contributed by atoms with Crippen LogP contribution in [0.2, 0.25) is 0 Å². The molecule has 1 N–H and O–H groups in total. The van der Waals surface area contributed by atoms with Gasteiger partial charge in [-0.2, -0.15) is 0 Å². The van der Waals surface area contributed by atoms with E-state index in [2.05, 4.69) is 37.1 Å². The van der Waals surface area contributed by atoms with Gasteiger partial charge in [-0.1, -0.05) is 13.8 Å². The maximum absolute atomic E-state index is 5.71. The Labute approximate surface area is 110 Å². The third-order valence-electron chi connectivity index (χ3n) is 3.10. The van der Waals surface area contributed by atoms with Crippen LogP contribution in [0.5, 0.6) is 0 Å². The van der Waals surface area contributed by atoms with Crippen LogP contribution in [0.1, 0.15) is 30.9 Å². The topological polar surface area (TPSA) is 37.6 Å². The van der Waals surface area contributed by atoms with Crippen LogP contribution in [0, 0.1) is 6.92 Å². The lowest BCUT2D eigenvalue weighted by Crippen LogP contribution is -2.26. The van der Waals surface area contributed by atoms with Crippen molar-refractivity contribution >= 4 is 0 Å². The van der Waals surface area contributed by atoms with Crippen LogP contribution in [-0.4, -0.2) is 38.2 Å². The molecule has 0 aromatic carbocycles. The molecule has 0 radical (unpaired) electrons. The van der Waals surface area contributed by atoms with Crippen molar-refractivity contribution in [1.82, 2.24) is 10.2 Å². The molecule has 0 saturated heterocycles. The first-order valence-corrected chi connectivity index (χ1v) is 6.74. The standard InChI is InChI=1S/C14H26N2O2/c1-5-16(6-2)7-8-17-11-13-9-12(3)14(18-13)10-15-4/h9,15H,5-8,10-11H2,1-4H3.